The highest BCUT2D eigenvalue weighted by molar-refractivity contribution is 7.86. The molecule has 1 aliphatic heterocycles. The molecule has 0 atom stereocenters. The number of hydrogen-bond acceptors (Lipinski definition) is 4. The number of rotatable bonds is 4. The van der Waals surface area contributed by atoms with Gasteiger partial charge in [-0.25, -0.2) is 9.82 Å². The van der Waals surface area contributed by atoms with Crippen LogP contribution >= 0.6 is 0 Å². The van der Waals surface area contributed by atoms with Gasteiger partial charge < -0.3 is 0 Å². The fraction of sp³-hybridized carbons (Fsp3) is 0.438. The first-order valence-corrected chi connectivity index (χ1v) is 9.46. The maximum absolute atomic E-state index is 11.4. The number of aryl methyl sites for hydroxylation is 2. The summed E-state index contributed by atoms with van der Waals surface area (Å²) < 4.78 is 26.0. The number of piperazine rings is 1. The normalized spacial score (nSPS) is 17.3. The predicted molar refractivity (Wildman–Crippen MR) is 93.0 cm³/mol. The average Bonchev–Trinajstić information content (AvgIpc) is 2.86. The molecule has 0 bridgehead atoms. The van der Waals surface area contributed by atoms with Crippen molar-refractivity contribution in [2.45, 2.75) is 20.4 Å². The summed E-state index contributed by atoms with van der Waals surface area (Å²) >= 11 is 0. The lowest BCUT2D eigenvalue weighted by molar-refractivity contribution is 0.181. The first-order chi connectivity index (χ1) is 11.3. The highest BCUT2D eigenvalue weighted by Gasteiger charge is 2.23. The highest BCUT2D eigenvalue weighted by Crippen LogP contribution is 2.16. The van der Waals surface area contributed by atoms with E-state index in [0.29, 0.717) is 26.2 Å². The topological polar surface area (TPSA) is 84.5 Å². The quantitative estimate of drug-likeness (QED) is 0.885. The fourth-order valence-corrected chi connectivity index (χ4v) is 3.75. The van der Waals surface area contributed by atoms with Crippen LogP contribution in [0.5, 0.6) is 0 Å². The summed E-state index contributed by atoms with van der Waals surface area (Å²) in [5.74, 6) is 0. The van der Waals surface area contributed by atoms with Crippen molar-refractivity contribution in [3.05, 3.63) is 47.3 Å². The second-order valence-corrected chi connectivity index (χ2v) is 7.78. The van der Waals surface area contributed by atoms with Crippen LogP contribution in [0.25, 0.3) is 5.69 Å². The third-order valence-corrected chi connectivity index (χ3v) is 5.35. The minimum atomic E-state index is -3.57. The number of benzene rings is 1. The molecule has 0 spiro atoms. The van der Waals surface area contributed by atoms with E-state index in [2.05, 4.69) is 28.2 Å². The SMILES string of the molecule is Cc1cc(C)n(-c2cccc(CN3CCN(S(N)(=O)=O)CC3)c2)n1. The minimum Gasteiger partial charge on any atom is -0.296 e. The van der Waals surface area contributed by atoms with Gasteiger partial charge in [0.1, 0.15) is 0 Å². The van der Waals surface area contributed by atoms with Crippen molar-refractivity contribution < 1.29 is 8.42 Å². The maximum atomic E-state index is 11.4. The molecular weight excluding hydrogens is 326 g/mol. The van der Waals surface area contributed by atoms with Gasteiger partial charge in [0.2, 0.25) is 0 Å². The summed E-state index contributed by atoms with van der Waals surface area (Å²) in [6.07, 6.45) is 0. The molecule has 0 saturated carbocycles. The van der Waals surface area contributed by atoms with Crippen LogP contribution in [-0.4, -0.2) is 53.6 Å². The Kier molecular flexibility index (Phi) is 4.73. The Hall–Kier alpha value is -1.74. The summed E-state index contributed by atoms with van der Waals surface area (Å²) in [5.41, 5.74) is 4.33. The molecule has 1 aliphatic rings. The van der Waals surface area contributed by atoms with Crippen LogP contribution in [0.15, 0.2) is 30.3 Å². The van der Waals surface area contributed by atoms with Crippen LogP contribution in [-0.2, 0) is 16.8 Å². The van der Waals surface area contributed by atoms with Gasteiger partial charge in [0, 0.05) is 38.4 Å². The Balaban J connectivity index is 1.69. The van der Waals surface area contributed by atoms with E-state index in [4.69, 9.17) is 5.14 Å². The van der Waals surface area contributed by atoms with E-state index in [1.165, 1.54) is 9.87 Å². The summed E-state index contributed by atoms with van der Waals surface area (Å²) in [4.78, 5) is 2.24. The lowest BCUT2D eigenvalue weighted by Crippen LogP contribution is -2.50. The molecule has 1 aromatic carbocycles. The Morgan fingerprint density at radius 3 is 2.42 bits per heavy atom. The summed E-state index contributed by atoms with van der Waals surface area (Å²) in [6, 6.07) is 10.3. The molecule has 7 nitrogen and oxygen atoms in total. The monoisotopic (exact) mass is 349 g/mol. The molecule has 2 aromatic rings. The van der Waals surface area contributed by atoms with Gasteiger partial charge in [-0.3, -0.25) is 4.90 Å². The zero-order chi connectivity index (χ0) is 17.3. The van der Waals surface area contributed by atoms with Crippen molar-refractivity contribution in [3.8, 4) is 5.69 Å². The lowest BCUT2D eigenvalue weighted by atomic mass is 10.1. The van der Waals surface area contributed by atoms with E-state index in [-0.39, 0.29) is 0 Å². The van der Waals surface area contributed by atoms with Crippen LogP contribution in [0.2, 0.25) is 0 Å². The largest absolute Gasteiger partial charge is 0.296 e. The molecule has 3 rings (SSSR count). The van der Waals surface area contributed by atoms with Crippen LogP contribution < -0.4 is 5.14 Å². The van der Waals surface area contributed by atoms with Crippen LogP contribution in [0, 0.1) is 13.8 Å². The van der Waals surface area contributed by atoms with E-state index in [9.17, 15) is 8.42 Å². The Morgan fingerprint density at radius 1 is 1.12 bits per heavy atom. The van der Waals surface area contributed by atoms with E-state index in [1.54, 1.807) is 0 Å². The molecule has 24 heavy (non-hydrogen) atoms. The fourth-order valence-electron chi connectivity index (χ4n) is 3.08. The summed E-state index contributed by atoms with van der Waals surface area (Å²) in [7, 11) is -3.57. The first-order valence-electron chi connectivity index (χ1n) is 7.96. The van der Waals surface area contributed by atoms with Gasteiger partial charge in [0.25, 0.3) is 10.2 Å². The van der Waals surface area contributed by atoms with Gasteiger partial charge >= 0.3 is 0 Å². The van der Waals surface area contributed by atoms with E-state index in [0.717, 1.165) is 23.6 Å². The third kappa shape index (κ3) is 3.84. The van der Waals surface area contributed by atoms with Gasteiger partial charge in [-0.2, -0.15) is 17.8 Å². The lowest BCUT2D eigenvalue weighted by Gasteiger charge is -2.32. The van der Waals surface area contributed by atoms with Crippen molar-refractivity contribution in [2.24, 2.45) is 5.14 Å². The minimum absolute atomic E-state index is 0.440. The van der Waals surface area contributed by atoms with Crippen molar-refractivity contribution >= 4 is 10.2 Å². The molecule has 0 amide bonds. The van der Waals surface area contributed by atoms with E-state index < -0.39 is 10.2 Å². The number of hydrogen-bond donors (Lipinski definition) is 1. The van der Waals surface area contributed by atoms with Crippen molar-refractivity contribution in [3.63, 3.8) is 0 Å². The number of nitrogens with two attached hydrogens (primary N) is 1. The second kappa shape index (κ2) is 6.64. The molecule has 1 aromatic heterocycles. The molecule has 2 N–H and O–H groups in total. The van der Waals surface area contributed by atoms with Crippen LogP contribution in [0.3, 0.4) is 0 Å². The molecule has 8 heteroatoms. The predicted octanol–water partition coefficient (Wildman–Crippen LogP) is 0.810. The van der Waals surface area contributed by atoms with Crippen molar-refractivity contribution in [1.82, 2.24) is 19.0 Å². The van der Waals surface area contributed by atoms with E-state index >= 15 is 0 Å². The standard InChI is InChI=1S/C16H23N5O2S/c1-13-10-14(2)21(18-13)16-5-3-4-15(11-16)12-19-6-8-20(9-7-19)24(17,22)23/h3-5,10-11H,6-9,12H2,1-2H3,(H2,17,22,23). The summed E-state index contributed by atoms with van der Waals surface area (Å²) in [5, 5.41) is 9.70. The molecule has 2 heterocycles. The van der Waals surface area contributed by atoms with Gasteiger partial charge in [-0.15, -0.1) is 0 Å². The molecule has 0 radical (unpaired) electrons. The molecule has 1 saturated heterocycles. The van der Waals surface area contributed by atoms with Gasteiger partial charge in [0.05, 0.1) is 11.4 Å². The van der Waals surface area contributed by atoms with Crippen LogP contribution in [0.1, 0.15) is 17.0 Å². The zero-order valence-electron chi connectivity index (χ0n) is 14.0. The van der Waals surface area contributed by atoms with Gasteiger partial charge in [0.15, 0.2) is 0 Å². The van der Waals surface area contributed by atoms with Gasteiger partial charge in [-0.05, 0) is 37.6 Å². The Bertz CT molecular complexity index is 823. The van der Waals surface area contributed by atoms with Crippen LogP contribution in [0.4, 0.5) is 0 Å². The second-order valence-electron chi connectivity index (χ2n) is 6.23. The average molecular weight is 349 g/mol. The smallest absolute Gasteiger partial charge is 0.276 e. The van der Waals surface area contributed by atoms with E-state index in [1.807, 2.05) is 30.7 Å². The van der Waals surface area contributed by atoms with Gasteiger partial charge in [-0.1, -0.05) is 12.1 Å². The van der Waals surface area contributed by atoms with Crippen molar-refractivity contribution in [1.29, 1.82) is 0 Å². The molecule has 130 valence electrons. The Morgan fingerprint density at radius 2 is 1.83 bits per heavy atom. The molecular formula is C16H23N5O2S. The number of aromatic nitrogens is 2. The Labute approximate surface area is 142 Å². The molecule has 0 unspecified atom stereocenters. The van der Waals surface area contributed by atoms with Crippen molar-refractivity contribution in [2.75, 3.05) is 26.2 Å². The maximum Gasteiger partial charge on any atom is 0.276 e. The highest BCUT2D eigenvalue weighted by atomic mass is 32.2. The number of nitrogens with zero attached hydrogens (tertiary/aromatic N) is 4. The zero-order valence-corrected chi connectivity index (χ0v) is 14.8. The summed E-state index contributed by atoms with van der Waals surface area (Å²) in [6.45, 7) is 7.05. The molecule has 1 fully saturated rings. The first kappa shape index (κ1) is 17.1. The third-order valence-electron chi connectivity index (χ3n) is 4.26. The molecule has 0 aliphatic carbocycles.